The molecule has 1 atom stereocenters. The zero-order valence-corrected chi connectivity index (χ0v) is 20.9. The fourth-order valence-corrected chi connectivity index (χ4v) is 4.53. The molecule has 0 aromatic heterocycles. The monoisotopic (exact) mass is 428 g/mol. The van der Waals surface area contributed by atoms with Crippen molar-refractivity contribution in [2.24, 2.45) is 0 Å². The molecular formula is C26H54NO3+. The van der Waals surface area contributed by atoms with E-state index in [1.807, 2.05) is 0 Å². The number of likely N-dealkylation sites (N-methyl/N-ethyl adjacent to an activating group) is 1. The lowest BCUT2D eigenvalue weighted by molar-refractivity contribution is -0.897. The van der Waals surface area contributed by atoms with Gasteiger partial charge < -0.3 is 14.7 Å². The lowest BCUT2D eigenvalue weighted by Crippen LogP contribution is -2.52. The van der Waals surface area contributed by atoms with E-state index in [1.54, 1.807) is 0 Å². The zero-order valence-electron chi connectivity index (χ0n) is 20.9. The Hall–Kier alpha value is -0.610. The van der Waals surface area contributed by atoms with E-state index in [0.29, 0.717) is 0 Å². The second-order valence-electron chi connectivity index (χ2n) is 10.2. The summed E-state index contributed by atoms with van der Waals surface area (Å²) in [5, 5.41) is 19.8. The Balaban J connectivity index is 3.83. The first-order valence-electron chi connectivity index (χ1n) is 13.0. The second kappa shape index (κ2) is 18.0. The Labute approximate surface area is 188 Å². The van der Waals surface area contributed by atoms with Crippen LogP contribution >= 0.6 is 0 Å². The van der Waals surface area contributed by atoms with Gasteiger partial charge in [0.15, 0.2) is 0 Å². The van der Waals surface area contributed by atoms with Gasteiger partial charge in [0.1, 0.15) is 12.1 Å². The predicted molar refractivity (Wildman–Crippen MR) is 129 cm³/mol. The Morgan fingerprint density at radius 3 is 1.67 bits per heavy atom. The normalized spacial score (nSPS) is 14.0. The Kier molecular flexibility index (Phi) is 17.6. The molecule has 0 aliphatic carbocycles. The van der Waals surface area contributed by atoms with Gasteiger partial charge in [-0.05, 0) is 32.1 Å². The van der Waals surface area contributed by atoms with Gasteiger partial charge in [-0.3, -0.25) is 4.79 Å². The summed E-state index contributed by atoms with van der Waals surface area (Å²) in [6, 6.07) is 0. The van der Waals surface area contributed by atoms with Crippen molar-refractivity contribution in [1.29, 1.82) is 0 Å². The first-order valence-corrected chi connectivity index (χ1v) is 13.0. The fraction of sp³-hybridized carbons (Fsp3) is 0.962. The number of carboxylic acids is 1. The molecule has 4 nitrogen and oxygen atoms in total. The maximum Gasteiger partial charge on any atom is 0.303 e. The largest absolute Gasteiger partial charge is 0.481 e. The molecule has 0 saturated carbocycles. The van der Waals surface area contributed by atoms with Gasteiger partial charge in [-0.2, -0.15) is 0 Å². The number of carboxylic acid groups (broad SMARTS) is 1. The van der Waals surface area contributed by atoms with Gasteiger partial charge in [-0.15, -0.1) is 0 Å². The van der Waals surface area contributed by atoms with Gasteiger partial charge >= 0.3 is 5.97 Å². The van der Waals surface area contributed by atoms with Gasteiger partial charge in [0, 0.05) is 6.42 Å². The van der Waals surface area contributed by atoms with Gasteiger partial charge in [0.25, 0.3) is 0 Å². The summed E-state index contributed by atoms with van der Waals surface area (Å²) >= 11 is 0. The smallest absolute Gasteiger partial charge is 0.303 e. The highest BCUT2D eigenvalue weighted by molar-refractivity contribution is 5.66. The fourth-order valence-electron chi connectivity index (χ4n) is 4.53. The van der Waals surface area contributed by atoms with Crippen LogP contribution in [0.3, 0.4) is 0 Å². The molecule has 0 aromatic rings. The first kappa shape index (κ1) is 29.4. The molecule has 0 rings (SSSR count). The molecule has 0 heterocycles. The zero-order chi connectivity index (χ0) is 22.7. The Morgan fingerprint density at radius 1 is 0.733 bits per heavy atom. The summed E-state index contributed by atoms with van der Waals surface area (Å²) in [5.74, 6) is -0.702. The minimum Gasteiger partial charge on any atom is -0.481 e. The molecule has 30 heavy (non-hydrogen) atoms. The summed E-state index contributed by atoms with van der Waals surface area (Å²) in [7, 11) is 4.39. The third kappa shape index (κ3) is 18.2. The van der Waals surface area contributed by atoms with E-state index in [4.69, 9.17) is 5.11 Å². The van der Waals surface area contributed by atoms with Gasteiger partial charge in [0.05, 0.1) is 20.6 Å². The minimum absolute atomic E-state index is 0.269. The molecule has 0 amide bonds. The molecule has 180 valence electrons. The molecule has 1 unspecified atom stereocenters. The van der Waals surface area contributed by atoms with Crippen molar-refractivity contribution in [3.8, 4) is 0 Å². The highest BCUT2D eigenvalue weighted by Crippen LogP contribution is 2.24. The number of unbranched alkanes of at least 4 members (excludes halogenated alkanes) is 13. The molecule has 0 bridgehead atoms. The van der Waals surface area contributed by atoms with Crippen LogP contribution in [0.5, 0.6) is 0 Å². The highest BCUT2D eigenvalue weighted by Gasteiger charge is 2.32. The van der Waals surface area contributed by atoms with E-state index in [1.165, 1.54) is 70.6 Å². The summed E-state index contributed by atoms with van der Waals surface area (Å²) in [5.41, 5.74) is -0.566. The van der Waals surface area contributed by atoms with E-state index in [2.05, 4.69) is 27.9 Å². The van der Waals surface area contributed by atoms with Gasteiger partial charge in [0.2, 0.25) is 0 Å². The highest BCUT2D eigenvalue weighted by atomic mass is 16.4. The average molecular weight is 429 g/mol. The molecule has 4 heteroatoms. The molecule has 0 saturated heterocycles. The van der Waals surface area contributed by atoms with Crippen LogP contribution in [-0.4, -0.2) is 53.5 Å². The molecule has 0 aliphatic heterocycles. The van der Waals surface area contributed by atoms with Crippen molar-refractivity contribution in [2.75, 3.05) is 27.2 Å². The molecule has 0 radical (unpaired) electrons. The van der Waals surface area contributed by atoms with E-state index in [0.717, 1.165) is 56.1 Å². The number of hydrogen-bond acceptors (Lipinski definition) is 2. The molecular weight excluding hydrogens is 374 g/mol. The lowest BCUT2D eigenvalue weighted by Gasteiger charge is -2.38. The van der Waals surface area contributed by atoms with Crippen LogP contribution in [0, 0.1) is 0 Å². The van der Waals surface area contributed by atoms with Crippen LogP contribution in [0.2, 0.25) is 0 Å². The van der Waals surface area contributed by atoms with Crippen LogP contribution in [0.15, 0.2) is 0 Å². The molecule has 2 N–H and O–H groups in total. The third-order valence-electron chi connectivity index (χ3n) is 6.53. The van der Waals surface area contributed by atoms with Crippen molar-refractivity contribution in [1.82, 2.24) is 0 Å². The summed E-state index contributed by atoms with van der Waals surface area (Å²) in [6.45, 7) is 6.17. The number of quaternary nitrogens is 1. The first-order chi connectivity index (χ1) is 14.2. The summed E-state index contributed by atoms with van der Waals surface area (Å²) in [4.78, 5) is 10.6. The van der Waals surface area contributed by atoms with Gasteiger partial charge in [-0.1, -0.05) is 90.9 Å². The van der Waals surface area contributed by atoms with E-state index in [9.17, 15) is 9.90 Å². The molecule has 0 spiro atoms. The van der Waals surface area contributed by atoms with E-state index >= 15 is 0 Å². The molecule has 0 aromatic carbocycles. The van der Waals surface area contributed by atoms with Crippen LogP contribution in [0.25, 0.3) is 0 Å². The third-order valence-corrected chi connectivity index (χ3v) is 6.53. The molecule has 0 aliphatic rings. The van der Waals surface area contributed by atoms with Gasteiger partial charge in [-0.25, -0.2) is 0 Å². The number of aliphatic carboxylic acids is 1. The summed E-state index contributed by atoms with van der Waals surface area (Å²) < 4.78 is 0.815. The Morgan fingerprint density at radius 2 is 1.20 bits per heavy atom. The summed E-state index contributed by atoms with van der Waals surface area (Å²) in [6.07, 6.45) is 20.9. The maximum atomic E-state index is 11.1. The van der Waals surface area contributed by atoms with Crippen molar-refractivity contribution in [3.63, 3.8) is 0 Å². The maximum absolute atomic E-state index is 11.1. The van der Waals surface area contributed by atoms with Crippen molar-refractivity contribution >= 4 is 5.97 Å². The van der Waals surface area contributed by atoms with Crippen molar-refractivity contribution < 1.29 is 19.5 Å². The molecule has 0 fully saturated rings. The van der Waals surface area contributed by atoms with Crippen LogP contribution in [0.4, 0.5) is 0 Å². The number of aliphatic hydroxyl groups is 1. The number of hydrogen-bond donors (Lipinski definition) is 2. The standard InChI is InChI=1S/C26H53NO3/c1-5-7-8-9-10-11-12-13-14-15-16-19-22-26(30,6-2)24-27(3,4)23-20-17-18-21-25(28)29/h30H,5-24H2,1-4H3/p+1. The number of carbonyl (C=O) groups is 1. The average Bonchev–Trinajstić information content (AvgIpc) is 2.68. The Bertz CT molecular complexity index is 411. The van der Waals surface area contributed by atoms with Crippen molar-refractivity contribution in [3.05, 3.63) is 0 Å². The van der Waals surface area contributed by atoms with Crippen molar-refractivity contribution in [2.45, 2.75) is 135 Å². The van der Waals surface area contributed by atoms with Crippen LogP contribution in [-0.2, 0) is 4.79 Å². The van der Waals surface area contributed by atoms with Crippen LogP contribution < -0.4 is 0 Å². The predicted octanol–water partition coefficient (Wildman–Crippen LogP) is 6.94. The second-order valence-corrected chi connectivity index (χ2v) is 10.2. The SMILES string of the molecule is CCCCCCCCCCCCCCC(O)(CC)C[N+](C)(C)CCCCCC(=O)O. The van der Waals surface area contributed by atoms with Crippen LogP contribution in [0.1, 0.15) is 129 Å². The number of nitrogens with zero attached hydrogens (tertiary/aromatic N) is 1. The van der Waals surface area contributed by atoms with E-state index in [-0.39, 0.29) is 6.42 Å². The van der Waals surface area contributed by atoms with E-state index < -0.39 is 11.6 Å². The number of rotatable bonds is 22. The topological polar surface area (TPSA) is 57.5 Å². The quantitative estimate of drug-likeness (QED) is 0.145. The minimum atomic E-state index is -0.702. The lowest BCUT2D eigenvalue weighted by atomic mass is 9.91.